The van der Waals surface area contributed by atoms with Crippen LogP contribution in [0.1, 0.15) is 5.56 Å². The molecule has 0 saturated heterocycles. The third kappa shape index (κ3) is 4.51. The van der Waals surface area contributed by atoms with Gasteiger partial charge in [0.1, 0.15) is 11.5 Å². The summed E-state index contributed by atoms with van der Waals surface area (Å²) in [4.78, 5) is 12.4. The van der Waals surface area contributed by atoms with Crippen molar-refractivity contribution in [2.45, 2.75) is 11.3 Å². The second kappa shape index (κ2) is 9.10. The van der Waals surface area contributed by atoms with Gasteiger partial charge < -0.3 is 14.8 Å². The predicted molar refractivity (Wildman–Crippen MR) is 123 cm³/mol. The number of nitrogens with zero attached hydrogens (tertiary/aromatic N) is 1. The number of hydrogen-bond donors (Lipinski definition) is 1. The van der Waals surface area contributed by atoms with Crippen molar-refractivity contribution in [1.29, 1.82) is 0 Å². The van der Waals surface area contributed by atoms with Crippen LogP contribution in [0.15, 0.2) is 71.6 Å². The molecule has 1 aliphatic heterocycles. The molecule has 1 N–H and O–H groups in total. The molecule has 0 aromatic heterocycles. The Hall–Kier alpha value is -3.23. The second-order valence-electron chi connectivity index (χ2n) is 7.11. The fourth-order valence-electron chi connectivity index (χ4n) is 3.51. The number of fused-ring (bicyclic) bond motifs is 1. The van der Waals surface area contributed by atoms with Gasteiger partial charge in [-0.15, -0.1) is 0 Å². The third-order valence-corrected chi connectivity index (χ3v) is 7.12. The van der Waals surface area contributed by atoms with Crippen molar-refractivity contribution in [1.82, 2.24) is 0 Å². The minimum Gasteiger partial charge on any atom is -0.495 e. The Morgan fingerprint density at radius 2 is 1.84 bits per heavy atom. The Kier molecular flexibility index (Phi) is 6.25. The van der Waals surface area contributed by atoms with Crippen LogP contribution in [0.2, 0.25) is 5.02 Å². The standard InChI is InChI=1S/C23H21ClN2O5S/c1-30-22-11-6-17(24)14-20(22)25-23(27)15-31-18-7-9-19(10-8-18)32(28,29)26-13-12-16-4-2-3-5-21(16)26/h2-11,14H,12-13,15H2,1H3,(H,25,27). The van der Waals surface area contributed by atoms with Gasteiger partial charge in [-0.25, -0.2) is 8.42 Å². The average Bonchev–Trinajstić information content (AvgIpc) is 3.23. The van der Waals surface area contributed by atoms with Gasteiger partial charge in [-0.05, 0) is 60.5 Å². The Morgan fingerprint density at radius 3 is 2.59 bits per heavy atom. The number of nitrogens with one attached hydrogen (secondary N) is 1. The second-order valence-corrected chi connectivity index (χ2v) is 9.41. The van der Waals surface area contributed by atoms with E-state index in [0.29, 0.717) is 40.9 Å². The number of amides is 1. The number of rotatable bonds is 7. The van der Waals surface area contributed by atoms with E-state index in [1.165, 1.54) is 35.7 Å². The fraction of sp³-hybridized carbons (Fsp3) is 0.174. The van der Waals surface area contributed by atoms with Gasteiger partial charge in [0.25, 0.3) is 15.9 Å². The highest BCUT2D eigenvalue weighted by Crippen LogP contribution is 2.33. The Bertz CT molecular complexity index is 1250. The first-order valence-corrected chi connectivity index (χ1v) is 11.7. The Morgan fingerprint density at radius 1 is 1.09 bits per heavy atom. The monoisotopic (exact) mass is 472 g/mol. The summed E-state index contributed by atoms with van der Waals surface area (Å²) in [5.74, 6) is 0.440. The average molecular weight is 473 g/mol. The predicted octanol–water partition coefficient (Wildman–Crippen LogP) is 4.12. The number of halogens is 1. The number of benzene rings is 3. The molecule has 166 valence electrons. The molecule has 0 fully saturated rings. The fourth-order valence-corrected chi connectivity index (χ4v) is 5.18. The van der Waals surface area contributed by atoms with Gasteiger partial charge in [0.15, 0.2) is 6.61 Å². The molecule has 9 heteroatoms. The molecule has 1 aliphatic rings. The van der Waals surface area contributed by atoms with Crippen LogP contribution in [-0.2, 0) is 21.2 Å². The van der Waals surface area contributed by atoms with Gasteiger partial charge in [0.05, 0.1) is 23.4 Å². The van der Waals surface area contributed by atoms with Gasteiger partial charge in [-0.1, -0.05) is 29.8 Å². The zero-order valence-electron chi connectivity index (χ0n) is 17.2. The summed E-state index contributed by atoms with van der Waals surface area (Å²) in [6.07, 6.45) is 0.684. The van der Waals surface area contributed by atoms with Crippen molar-refractivity contribution < 1.29 is 22.7 Å². The molecule has 0 radical (unpaired) electrons. The van der Waals surface area contributed by atoms with Crippen LogP contribution in [0.4, 0.5) is 11.4 Å². The van der Waals surface area contributed by atoms with Crippen LogP contribution in [0.3, 0.4) is 0 Å². The molecule has 0 bridgehead atoms. The topological polar surface area (TPSA) is 84.9 Å². The van der Waals surface area contributed by atoms with E-state index >= 15 is 0 Å². The molecule has 1 heterocycles. The van der Waals surface area contributed by atoms with Crippen molar-refractivity contribution in [2.24, 2.45) is 0 Å². The maximum atomic E-state index is 13.1. The lowest BCUT2D eigenvalue weighted by molar-refractivity contribution is -0.118. The smallest absolute Gasteiger partial charge is 0.264 e. The van der Waals surface area contributed by atoms with Crippen LogP contribution in [0.5, 0.6) is 11.5 Å². The van der Waals surface area contributed by atoms with Gasteiger partial charge in [0.2, 0.25) is 0 Å². The number of para-hydroxylation sites is 1. The number of anilines is 2. The number of sulfonamides is 1. The summed E-state index contributed by atoms with van der Waals surface area (Å²) in [5, 5.41) is 3.14. The zero-order chi connectivity index (χ0) is 22.7. The summed E-state index contributed by atoms with van der Waals surface area (Å²) in [6.45, 7) is 0.147. The first-order valence-electron chi connectivity index (χ1n) is 9.85. The maximum Gasteiger partial charge on any atom is 0.264 e. The lowest BCUT2D eigenvalue weighted by atomic mass is 10.2. The van der Waals surface area contributed by atoms with E-state index in [4.69, 9.17) is 21.1 Å². The molecule has 0 atom stereocenters. The van der Waals surface area contributed by atoms with Gasteiger partial charge in [-0.2, -0.15) is 0 Å². The quantitative estimate of drug-likeness (QED) is 0.559. The normalized spacial score (nSPS) is 12.9. The molecule has 0 aliphatic carbocycles. The van der Waals surface area contributed by atoms with E-state index in [0.717, 1.165) is 5.56 Å². The maximum absolute atomic E-state index is 13.1. The van der Waals surface area contributed by atoms with Crippen LogP contribution < -0.4 is 19.1 Å². The molecular formula is C23H21ClN2O5S. The van der Waals surface area contributed by atoms with Crippen LogP contribution in [-0.4, -0.2) is 34.6 Å². The van der Waals surface area contributed by atoms with E-state index in [9.17, 15) is 13.2 Å². The molecule has 4 rings (SSSR count). The molecule has 1 amide bonds. The Balaban J connectivity index is 1.40. The molecule has 3 aromatic rings. The van der Waals surface area contributed by atoms with E-state index in [1.807, 2.05) is 24.3 Å². The van der Waals surface area contributed by atoms with Crippen molar-refractivity contribution in [3.8, 4) is 11.5 Å². The highest BCUT2D eigenvalue weighted by atomic mass is 35.5. The van der Waals surface area contributed by atoms with Crippen molar-refractivity contribution in [3.05, 3.63) is 77.3 Å². The van der Waals surface area contributed by atoms with Gasteiger partial charge >= 0.3 is 0 Å². The number of hydrogen-bond acceptors (Lipinski definition) is 5. The summed E-state index contributed by atoms with van der Waals surface area (Å²) in [5.41, 5.74) is 2.15. The molecule has 0 saturated carbocycles. The highest BCUT2D eigenvalue weighted by molar-refractivity contribution is 7.92. The summed E-state index contributed by atoms with van der Waals surface area (Å²) >= 11 is 5.97. The van der Waals surface area contributed by atoms with E-state index in [1.54, 1.807) is 18.2 Å². The van der Waals surface area contributed by atoms with E-state index < -0.39 is 15.9 Å². The summed E-state index contributed by atoms with van der Waals surface area (Å²) < 4.78 is 38.2. The number of methoxy groups -OCH3 is 1. The first-order chi connectivity index (χ1) is 15.4. The van der Waals surface area contributed by atoms with Crippen molar-refractivity contribution in [2.75, 3.05) is 29.9 Å². The Labute approximate surface area is 191 Å². The van der Waals surface area contributed by atoms with Crippen LogP contribution >= 0.6 is 11.6 Å². The van der Waals surface area contributed by atoms with Gasteiger partial charge in [0, 0.05) is 11.6 Å². The molecule has 0 spiro atoms. The zero-order valence-corrected chi connectivity index (χ0v) is 18.8. The number of carbonyl (C=O) groups is 1. The molecule has 3 aromatic carbocycles. The van der Waals surface area contributed by atoms with Crippen molar-refractivity contribution >= 4 is 38.9 Å². The lowest BCUT2D eigenvalue weighted by Crippen LogP contribution is -2.29. The number of carbonyl (C=O) groups excluding carboxylic acids is 1. The van der Waals surface area contributed by atoms with Crippen LogP contribution in [0, 0.1) is 0 Å². The lowest BCUT2D eigenvalue weighted by Gasteiger charge is -2.19. The van der Waals surface area contributed by atoms with E-state index in [-0.39, 0.29) is 11.5 Å². The molecule has 32 heavy (non-hydrogen) atoms. The summed E-state index contributed by atoms with van der Waals surface area (Å²) in [6, 6.07) is 18.4. The largest absolute Gasteiger partial charge is 0.495 e. The van der Waals surface area contributed by atoms with Crippen LogP contribution in [0.25, 0.3) is 0 Å². The van der Waals surface area contributed by atoms with Crippen molar-refractivity contribution in [3.63, 3.8) is 0 Å². The highest BCUT2D eigenvalue weighted by Gasteiger charge is 2.30. The molecule has 7 nitrogen and oxygen atoms in total. The first kappa shape index (κ1) is 22.0. The van der Waals surface area contributed by atoms with Gasteiger partial charge in [-0.3, -0.25) is 9.10 Å². The number of ether oxygens (including phenoxy) is 2. The summed E-state index contributed by atoms with van der Waals surface area (Å²) in [7, 11) is -2.19. The van der Waals surface area contributed by atoms with E-state index in [2.05, 4.69) is 5.32 Å². The SMILES string of the molecule is COc1ccc(Cl)cc1NC(=O)COc1ccc(S(=O)(=O)N2CCc3ccccc32)cc1. The third-order valence-electron chi connectivity index (χ3n) is 5.06. The molecule has 0 unspecified atom stereocenters. The minimum absolute atomic E-state index is 0.162. The minimum atomic E-state index is -3.68. The molecular weight excluding hydrogens is 452 g/mol.